The average molecular weight is 544 g/mol. The molecule has 38 heavy (non-hydrogen) atoms. The summed E-state index contributed by atoms with van der Waals surface area (Å²) in [6, 6.07) is 15.0. The molecule has 2 N–H and O–H groups in total. The molecule has 3 rings (SSSR count). The summed E-state index contributed by atoms with van der Waals surface area (Å²) in [4.78, 5) is 1.81. The van der Waals surface area contributed by atoms with Crippen molar-refractivity contribution in [2.75, 3.05) is 6.54 Å². The first-order valence-corrected chi connectivity index (χ1v) is 13.3. The lowest BCUT2D eigenvalue weighted by atomic mass is 9.82. The number of alkyl halides is 3. The van der Waals surface area contributed by atoms with E-state index in [4.69, 9.17) is 17.0 Å². The second kappa shape index (κ2) is 13.2. The molecule has 0 amide bonds. The minimum absolute atomic E-state index is 0.156. The summed E-state index contributed by atoms with van der Waals surface area (Å²) in [5.74, 6) is 0.346. The van der Waals surface area contributed by atoms with Crippen LogP contribution in [0, 0.1) is 18.3 Å². The Morgan fingerprint density at radius 2 is 1.71 bits per heavy atom. The molecule has 0 bridgehead atoms. The normalized spacial score (nSPS) is 18.4. The van der Waals surface area contributed by atoms with Crippen molar-refractivity contribution >= 4 is 17.8 Å². The van der Waals surface area contributed by atoms with E-state index in [-0.39, 0.29) is 17.3 Å². The van der Waals surface area contributed by atoms with E-state index in [9.17, 15) is 13.2 Å². The highest BCUT2D eigenvalue weighted by atomic mass is 35.5. The standard InChI is InChI=1S/C31H37ClF3N3/c1-21(2)25-13-15-27(16-14-25)37-30(31(33,34)35)28(19-36)23(4)38(20-24-11-9-22(3)10-12-24)18-17-26-7-5-6-8-29(26)32/h5-12,19,25,27,36-37H,1,4,13-18,20H2,2-3H3/b30-28+,36-19?. The lowest BCUT2D eigenvalue weighted by molar-refractivity contribution is -0.0987. The number of aryl methyl sites for hydroxylation is 1. The van der Waals surface area contributed by atoms with Crippen molar-refractivity contribution in [1.29, 1.82) is 5.41 Å². The Labute approximate surface area is 229 Å². The Bertz CT molecular complexity index is 1160. The second-order valence-electron chi connectivity index (χ2n) is 10.2. The van der Waals surface area contributed by atoms with Gasteiger partial charge in [-0.2, -0.15) is 13.2 Å². The molecule has 204 valence electrons. The van der Waals surface area contributed by atoms with Crippen LogP contribution in [0.2, 0.25) is 5.02 Å². The van der Waals surface area contributed by atoms with Crippen molar-refractivity contribution in [2.24, 2.45) is 5.92 Å². The van der Waals surface area contributed by atoms with E-state index in [1.807, 2.05) is 56.3 Å². The van der Waals surface area contributed by atoms with E-state index in [1.54, 1.807) is 11.0 Å². The molecule has 0 aliphatic heterocycles. The van der Waals surface area contributed by atoms with Gasteiger partial charge in [0, 0.05) is 41.6 Å². The van der Waals surface area contributed by atoms with Crippen LogP contribution in [-0.2, 0) is 13.0 Å². The number of benzene rings is 2. The quantitative estimate of drug-likeness (QED) is 0.170. The number of hydrogen-bond donors (Lipinski definition) is 2. The Hall–Kier alpha value is -2.99. The fourth-order valence-corrected chi connectivity index (χ4v) is 5.13. The van der Waals surface area contributed by atoms with Crippen molar-refractivity contribution < 1.29 is 13.2 Å². The molecule has 0 spiro atoms. The minimum Gasteiger partial charge on any atom is -0.378 e. The predicted molar refractivity (Wildman–Crippen MR) is 151 cm³/mol. The van der Waals surface area contributed by atoms with Crippen LogP contribution in [0.5, 0.6) is 0 Å². The highest BCUT2D eigenvalue weighted by Gasteiger charge is 2.39. The maximum atomic E-state index is 14.4. The van der Waals surface area contributed by atoms with Crippen LogP contribution >= 0.6 is 11.6 Å². The van der Waals surface area contributed by atoms with Gasteiger partial charge in [-0.25, -0.2) is 0 Å². The molecule has 2 aromatic carbocycles. The zero-order chi connectivity index (χ0) is 27.9. The summed E-state index contributed by atoms with van der Waals surface area (Å²) in [6.07, 6.45) is -0.514. The molecule has 1 aliphatic rings. The monoisotopic (exact) mass is 543 g/mol. The molecule has 1 fully saturated rings. The Kier molecular flexibility index (Phi) is 10.3. The number of nitrogens with zero attached hydrogens (tertiary/aromatic N) is 1. The fraction of sp³-hybridized carbons (Fsp3) is 0.387. The number of rotatable bonds is 11. The summed E-state index contributed by atoms with van der Waals surface area (Å²) >= 11 is 6.35. The van der Waals surface area contributed by atoms with Gasteiger partial charge in [-0.05, 0) is 69.1 Å². The van der Waals surface area contributed by atoms with E-state index in [0.717, 1.165) is 41.3 Å². The van der Waals surface area contributed by atoms with Crippen LogP contribution < -0.4 is 5.32 Å². The molecule has 3 nitrogen and oxygen atoms in total. The highest BCUT2D eigenvalue weighted by Crippen LogP contribution is 2.34. The minimum atomic E-state index is -4.65. The smallest absolute Gasteiger partial charge is 0.378 e. The van der Waals surface area contributed by atoms with Gasteiger partial charge in [-0.3, -0.25) is 0 Å². The molecule has 1 saturated carbocycles. The van der Waals surface area contributed by atoms with Crippen molar-refractivity contribution in [1.82, 2.24) is 10.2 Å². The van der Waals surface area contributed by atoms with Crippen LogP contribution in [0.15, 0.2) is 84.2 Å². The summed E-state index contributed by atoms with van der Waals surface area (Å²) in [7, 11) is 0. The van der Waals surface area contributed by atoms with Crippen molar-refractivity contribution in [2.45, 2.75) is 64.7 Å². The second-order valence-corrected chi connectivity index (χ2v) is 10.6. The molecule has 0 heterocycles. The summed E-state index contributed by atoms with van der Waals surface area (Å²) in [5.41, 5.74) is 3.03. The molecule has 0 aromatic heterocycles. The first kappa shape index (κ1) is 29.6. The van der Waals surface area contributed by atoms with Gasteiger partial charge in [0.05, 0.1) is 0 Å². The van der Waals surface area contributed by atoms with Crippen LogP contribution in [0.3, 0.4) is 0 Å². The zero-order valence-corrected chi connectivity index (χ0v) is 22.9. The van der Waals surface area contributed by atoms with Gasteiger partial charge in [-0.15, -0.1) is 0 Å². The molecule has 2 aromatic rings. The lowest BCUT2D eigenvalue weighted by Gasteiger charge is -2.33. The number of halogens is 4. The summed E-state index contributed by atoms with van der Waals surface area (Å²) < 4.78 is 43.2. The highest BCUT2D eigenvalue weighted by molar-refractivity contribution is 6.31. The molecule has 0 saturated heterocycles. The van der Waals surface area contributed by atoms with E-state index >= 15 is 0 Å². The van der Waals surface area contributed by atoms with Gasteiger partial charge < -0.3 is 15.6 Å². The van der Waals surface area contributed by atoms with Crippen molar-refractivity contribution in [3.8, 4) is 0 Å². The number of allylic oxidation sites excluding steroid dienone is 3. The third kappa shape index (κ3) is 8.00. The molecule has 0 atom stereocenters. The van der Waals surface area contributed by atoms with Crippen LogP contribution in [0.25, 0.3) is 0 Å². The number of nitrogens with one attached hydrogen (secondary N) is 2. The van der Waals surface area contributed by atoms with Gasteiger partial charge >= 0.3 is 6.18 Å². The predicted octanol–water partition coefficient (Wildman–Crippen LogP) is 8.40. The van der Waals surface area contributed by atoms with E-state index in [2.05, 4.69) is 18.5 Å². The number of hydrogen-bond acceptors (Lipinski definition) is 3. The van der Waals surface area contributed by atoms with Crippen molar-refractivity contribution in [3.05, 3.63) is 106 Å². The Balaban J connectivity index is 1.91. The van der Waals surface area contributed by atoms with E-state index in [1.165, 1.54) is 0 Å². The van der Waals surface area contributed by atoms with Crippen LogP contribution in [-0.4, -0.2) is 29.9 Å². The summed E-state index contributed by atoms with van der Waals surface area (Å²) in [5, 5.41) is 11.4. The summed E-state index contributed by atoms with van der Waals surface area (Å²) in [6.45, 7) is 12.8. The Morgan fingerprint density at radius 3 is 2.26 bits per heavy atom. The van der Waals surface area contributed by atoms with Crippen molar-refractivity contribution in [3.63, 3.8) is 0 Å². The molecular formula is C31H37ClF3N3. The third-order valence-electron chi connectivity index (χ3n) is 7.27. The first-order chi connectivity index (χ1) is 18.0. The topological polar surface area (TPSA) is 39.1 Å². The average Bonchev–Trinajstić information content (AvgIpc) is 2.88. The van der Waals surface area contributed by atoms with Crippen LogP contribution in [0.1, 0.15) is 49.3 Å². The Morgan fingerprint density at radius 1 is 1.08 bits per heavy atom. The largest absolute Gasteiger partial charge is 0.431 e. The fourth-order valence-electron chi connectivity index (χ4n) is 4.90. The third-order valence-corrected chi connectivity index (χ3v) is 7.63. The van der Waals surface area contributed by atoms with Crippen LogP contribution in [0.4, 0.5) is 13.2 Å². The lowest BCUT2D eigenvalue weighted by Crippen LogP contribution is -2.40. The maximum absolute atomic E-state index is 14.4. The molecule has 1 aliphatic carbocycles. The van der Waals surface area contributed by atoms with Gasteiger partial charge in [0.15, 0.2) is 0 Å². The van der Waals surface area contributed by atoms with Gasteiger partial charge in [-0.1, -0.05) is 78.4 Å². The van der Waals surface area contributed by atoms with Gasteiger partial charge in [0.1, 0.15) is 5.70 Å². The maximum Gasteiger partial charge on any atom is 0.431 e. The molecule has 0 unspecified atom stereocenters. The molecule has 0 radical (unpaired) electrons. The SMILES string of the molecule is C=C(C)C1CCC(N/C(=C(\C=N)C(=C)N(CCc2ccccc2Cl)Cc2ccc(C)cc2)C(F)(F)F)CC1. The first-order valence-electron chi connectivity index (χ1n) is 13.0. The van der Waals surface area contributed by atoms with Gasteiger partial charge in [0.25, 0.3) is 0 Å². The zero-order valence-electron chi connectivity index (χ0n) is 22.2. The van der Waals surface area contributed by atoms with E-state index < -0.39 is 11.9 Å². The van der Waals surface area contributed by atoms with Gasteiger partial charge in [0.2, 0.25) is 0 Å². The molecule has 7 heteroatoms. The van der Waals surface area contributed by atoms with E-state index in [0.29, 0.717) is 43.3 Å². The molecular weight excluding hydrogens is 507 g/mol.